The number of rotatable bonds is 5. The van der Waals surface area contributed by atoms with Gasteiger partial charge in [0.15, 0.2) is 17.5 Å². The molecule has 274 valence electrons. The Labute approximate surface area is 344 Å². The summed E-state index contributed by atoms with van der Waals surface area (Å²) in [6, 6.07) is 71.7. The van der Waals surface area contributed by atoms with Gasteiger partial charge >= 0.3 is 0 Å². The predicted molar refractivity (Wildman–Crippen MR) is 250 cm³/mol. The zero-order valence-corrected chi connectivity index (χ0v) is 32.6. The normalized spacial score (nSPS) is 11.7. The van der Waals surface area contributed by atoms with Gasteiger partial charge < -0.3 is 0 Å². The zero-order valence-electron chi connectivity index (χ0n) is 31.8. The average molecular weight is 768 g/mol. The van der Waals surface area contributed by atoms with E-state index in [4.69, 9.17) is 15.0 Å². The second-order valence-electron chi connectivity index (χ2n) is 15.1. The van der Waals surface area contributed by atoms with Crippen LogP contribution in [-0.4, -0.2) is 15.0 Å². The number of aromatic nitrogens is 3. The van der Waals surface area contributed by atoms with Crippen molar-refractivity contribution in [3.05, 3.63) is 200 Å². The predicted octanol–water partition coefficient (Wildman–Crippen LogP) is 15.2. The van der Waals surface area contributed by atoms with Crippen molar-refractivity contribution in [2.75, 3.05) is 0 Å². The Bertz CT molecular complexity index is 3610. The van der Waals surface area contributed by atoms with Crippen LogP contribution >= 0.6 is 11.3 Å². The van der Waals surface area contributed by atoms with Gasteiger partial charge in [-0.25, -0.2) is 15.0 Å². The highest BCUT2D eigenvalue weighted by Crippen LogP contribution is 2.44. The first-order valence-electron chi connectivity index (χ1n) is 19.9. The molecular weight excluding hydrogens is 735 g/mol. The minimum atomic E-state index is 0.646. The van der Waals surface area contributed by atoms with Gasteiger partial charge in [-0.05, 0) is 89.6 Å². The summed E-state index contributed by atoms with van der Waals surface area (Å²) in [7, 11) is 0. The lowest BCUT2D eigenvalue weighted by Crippen LogP contribution is -2.00. The molecule has 0 saturated heterocycles. The van der Waals surface area contributed by atoms with Crippen LogP contribution in [0.25, 0.3) is 120 Å². The first-order chi connectivity index (χ1) is 29.2. The maximum Gasteiger partial charge on any atom is 0.165 e. The quantitative estimate of drug-likeness (QED) is 0.164. The SMILES string of the molecule is c1ccc(-c2nc(-c3cccc(-c4ccc(-c5cc6c7ccccc7c7ccccc7c6c6ccccc56)cc4)c3)nc(-c3cccc4c3sc3ccccc34)n2)cc1. The second kappa shape index (κ2) is 13.6. The van der Waals surface area contributed by atoms with Crippen LogP contribution in [0, 0.1) is 0 Å². The summed E-state index contributed by atoms with van der Waals surface area (Å²) in [6.45, 7) is 0. The highest BCUT2D eigenvalue weighted by atomic mass is 32.1. The third kappa shape index (κ3) is 5.53. The highest BCUT2D eigenvalue weighted by molar-refractivity contribution is 7.26. The molecular formula is C55H33N3S. The molecule has 10 aromatic carbocycles. The van der Waals surface area contributed by atoms with Crippen molar-refractivity contribution in [1.29, 1.82) is 0 Å². The van der Waals surface area contributed by atoms with Crippen molar-refractivity contribution in [3.63, 3.8) is 0 Å². The molecule has 3 nitrogen and oxygen atoms in total. The summed E-state index contributed by atoms with van der Waals surface area (Å²) in [6.07, 6.45) is 0. The first kappa shape index (κ1) is 33.6. The van der Waals surface area contributed by atoms with Crippen LogP contribution in [0.2, 0.25) is 0 Å². The van der Waals surface area contributed by atoms with Crippen LogP contribution in [0.15, 0.2) is 200 Å². The molecule has 0 aliphatic carbocycles. The summed E-state index contributed by atoms with van der Waals surface area (Å²) in [5.41, 5.74) is 7.55. The molecule has 0 radical (unpaired) electrons. The molecule has 12 rings (SSSR count). The maximum atomic E-state index is 5.19. The molecule has 4 heteroatoms. The summed E-state index contributed by atoms with van der Waals surface area (Å²) in [5, 5.41) is 12.7. The molecule has 0 aliphatic rings. The Morgan fingerprint density at radius 1 is 0.271 bits per heavy atom. The molecule has 0 aliphatic heterocycles. The molecule has 0 amide bonds. The van der Waals surface area contributed by atoms with E-state index in [9.17, 15) is 0 Å². The Hall–Kier alpha value is -7.53. The molecule has 12 aromatic rings. The molecule has 0 N–H and O–H groups in total. The van der Waals surface area contributed by atoms with Crippen LogP contribution in [0.4, 0.5) is 0 Å². The van der Waals surface area contributed by atoms with Crippen LogP contribution in [-0.2, 0) is 0 Å². The second-order valence-corrected chi connectivity index (χ2v) is 16.1. The standard InChI is InChI=1S/C55H33N3S/c1-2-14-36(15-3-1)53-56-54(58-55(57-53)47-26-13-25-46-43-22-10-11-27-50(43)59-52(46)47)38-17-12-16-37(32-38)34-28-30-35(31-29-34)48-33-49-41-20-5-4-18-39(41)40-19-6-8-23-44(40)51(49)45-24-9-7-21-42(45)48/h1-33H. The van der Waals surface area contributed by atoms with E-state index in [1.54, 1.807) is 11.3 Å². The van der Waals surface area contributed by atoms with Crippen molar-refractivity contribution in [1.82, 2.24) is 15.0 Å². The summed E-state index contributed by atoms with van der Waals surface area (Å²) in [4.78, 5) is 15.4. The van der Waals surface area contributed by atoms with Gasteiger partial charge in [0.1, 0.15) is 0 Å². The van der Waals surface area contributed by atoms with E-state index in [1.165, 1.54) is 74.4 Å². The highest BCUT2D eigenvalue weighted by Gasteiger charge is 2.18. The van der Waals surface area contributed by atoms with Crippen molar-refractivity contribution < 1.29 is 0 Å². The van der Waals surface area contributed by atoms with Crippen LogP contribution in [0.1, 0.15) is 0 Å². The van der Waals surface area contributed by atoms with E-state index in [0.29, 0.717) is 17.5 Å². The van der Waals surface area contributed by atoms with Gasteiger partial charge in [-0.3, -0.25) is 0 Å². The fraction of sp³-hybridized carbons (Fsp3) is 0. The molecule has 0 fully saturated rings. The Balaban J connectivity index is 0.974. The molecule has 0 atom stereocenters. The van der Waals surface area contributed by atoms with Gasteiger partial charge in [0.25, 0.3) is 0 Å². The van der Waals surface area contributed by atoms with E-state index in [0.717, 1.165) is 27.8 Å². The van der Waals surface area contributed by atoms with Crippen molar-refractivity contribution in [2.45, 2.75) is 0 Å². The van der Waals surface area contributed by atoms with Crippen LogP contribution in [0.5, 0.6) is 0 Å². The van der Waals surface area contributed by atoms with Crippen LogP contribution < -0.4 is 0 Å². The van der Waals surface area contributed by atoms with Crippen LogP contribution in [0.3, 0.4) is 0 Å². The molecule has 0 bridgehead atoms. The van der Waals surface area contributed by atoms with Crippen molar-refractivity contribution in [3.8, 4) is 56.4 Å². The number of hydrogen-bond donors (Lipinski definition) is 0. The largest absolute Gasteiger partial charge is 0.208 e. The fourth-order valence-corrected chi connectivity index (χ4v) is 10.2. The summed E-state index contributed by atoms with van der Waals surface area (Å²) >= 11 is 1.79. The van der Waals surface area contributed by atoms with E-state index < -0.39 is 0 Å². The topological polar surface area (TPSA) is 38.7 Å². The Kier molecular flexibility index (Phi) is 7.72. The number of thiophene rings is 1. The minimum Gasteiger partial charge on any atom is -0.208 e. The van der Waals surface area contributed by atoms with Gasteiger partial charge in [-0.1, -0.05) is 176 Å². The van der Waals surface area contributed by atoms with Crippen molar-refractivity contribution in [2.24, 2.45) is 0 Å². The maximum absolute atomic E-state index is 5.19. The lowest BCUT2D eigenvalue weighted by Gasteiger charge is -2.16. The van der Waals surface area contributed by atoms with Gasteiger partial charge in [0.05, 0.1) is 0 Å². The fourth-order valence-electron chi connectivity index (χ4n) is 8.95. The third-order valence-corrected chi connectivity index (χ3v) is 12.9. The third-order valence-electron chi connectivity index (χ3n) is 11.7. The van der Waals surface area contributed by atoms with Gasteiger partial charge in [-0.2, -0.15) is 0 Å². The number of hydrogen-bond acceptors (Lipinski definition) is 4. The first-order valence-corrected chi connectivity index (χ1v) is 20.8. The monoisotopic (exact) mass is 767 g/mol. The van der Waals surface area contributed by atoms with Crippen molar-refractivity contribution >= 4 is 74.6 Å². The molecule has 59 heavy (non-hydrogen) atoms. The molecule has 0 saturated carbocycles. The number of nitrogens with zero attached hydrogens (tertiary/aromatic N) is 3. The number of fused-ring (bicyclic) bond motifs is 11. The smallest absolute Gasteiger partial charge is 0.165 e. The van der Waals surface area contributed by atoms with E-state index in [2.05, 4.69) is 182 Å². The minimum absolute atomic E-state index is 0.646. The van der Waals surface area contributed by atoms with Gasteiger partial charge in [0, 0.05) is 36.9 Å². The summed E-state index contributed by atoms with van der Waals surface area (Å²) in [5.74, 6) is 1.97. The van der Waals surface area contributed by atoms with Gasteiger partial charge in [0.2, 0.25) is 0 Å². The Morgan fingerprint density at radius 3 is 1.54 bits per heavy atom. The van der Waals surface area contributed by atoms with E-state index in [1.807, 2.05) is 18.2 Å². The van der Waals surface area contributed by atoms with E-state index in [-0.39, 0.29) is 0 Å². The average Bonchev–Trinajstić information content (AvgIpc) is 3.70. The number of benzene rings is 10. The summed E-state index contributed by atoms with van der Waals surface area (Å²) < 4.78 is 2.43. The molecule has 0 unspecified atom stereocenters. The Morgan fingerprint density at radius 2 is 0.780 bits per heavy atom. The van der Waals surface area contributed by atoms with Gasteiger partial charge in [-0.15, -0.1) is 11.3 Å². The molecule has 0 spiro atoms. The molecule has 2 aromatic heterocycles. The molecule has 2 heterocycles. The zero-order chi connectivity index (χ0) is 38.9. The lowest BCUT2D eigenvalue weighted by atomic mass is 9.87. The lowest BCUT2D eigenvalue weighted by molar-refractivity contribution is 1.08. The van der Waals surface area contributed by atoms with E-state index >= 15 is 0 Å².